The standard InChI is InChI=1S/C10H19N5O7S/c1-3-14-7(9(17)13-12-8(16)6(2)11)4-5-15(10(14)18)22-23(19,20)21/h6-7H,3-5,11H2,1-2H3,(H,12,16)(H,13,17)(H,19,20,21)/t6-,7+/m1/s1. The Hall–Kier alpha value is -1.96. The third kappa shape index (κ3) is 5.31. The van der Waals surface area contributed by atoms with Crippen molar-refractivity contribution in [3.63, 3.8) is 0 Å². The number of nitrogens with one attached hydrogen (secondary N) is 2. The summed E-state index contributed by atoms with van der Waals surface area (Å²) >= 11 is 0. The van der Waals surface area contributed by atoms with Gasteiger partial charge in [0, 0.05) is 6.54 Å². The van der Waals surface area contributed by atoms with Gasteiger partial charge in [-0.15, -0.1) is 4.28 Å². The van der Waals surface area contributed by atoms with Crippen LogP contribution in [0.2, 0.25) is 0 Å². The first-order valence-corrected chi connectivity index (χ1v) is 8.03. The van der Waals surface area contributed by atoms with Gasteiger partial charge in [-0.25, -0.2) is 4.79 Å². The zero-order valence-electron chi connectivity index (χ0n) is 12.6. The van der Waals surface area contributed by atoms with E-state index in [9.17, 15) is 22.8 Å². The minimum absolute atomic E-state index is 0.0228. The normalized spacial score (nSPS) is 20.2. The summed E-state index contributed by atoms with van der Waals surface area (Å²) in [4.78, 5) is 36.4. The lowest BCUT2D eigenvalue weighted by atomic mass is 10.1. The van der Waals surface area contributed by atoms with Crippen LogP contribution in [0.1, 0.15) is 20.3 Å². The van der Waals surface area contributed by atoms with E-state index in [1.54, 1.807) is 6.92 Å². The summed E-state index contributed by atoms with van der Waals surface area (Å²) in [6.07, 6.45) is 0.0228. The van der Waals surface area contributed by atoms with Gasteiger partial charge in [-0.05, 0) is 20.3 Å². The van der Waals surface area contributed by atoms with Crippen molar-refractivity contribution in [2.45, 2.75) is 32.4 Å². The Morgan fingerprint density at radius 1 is 1.48 bits per heavy atom. The molecule has 0 bridgehead atoms. The highest BCUT2D eigenvalue weighted by molar-refractivity contribution is 7.80. The van der Waals surface area contributed by atoms with E-state index in [2.05, 4.69) is 15.1 Å². The number of carbonyl (C=O) groups excluding carboxylic acids is 3. The van der Waals surface area contributed by atoms with Crippen molar-refractivity contribution in [1.82, 2.24) is 20.8 Å². The number of urea groups is 1. The third-order valence-electron chi connectivity index (χ3n) is 2.99. The maximum Gasteiger partial charge on any atom is 0.418 e. The van der Waals surface area contributed by atoms with Gasteiger partial charge >= 0.3 is 16.4 Å². The lowest BCUT2D eigenvalue weighted by molar-refractivity contribution is -0.134. The first-order valence-electron chi connectivity index (χ1n) is 6.67. The quantitative estimate of drug-likeness (QED) is 0.316. The summed E-state index contributed by atoms with van der Waals surface area (Å²) in [5.74, 6) is -1.28. The Morgan fingerprint density at radius 2 is 2.09 bits per heavy atom. The molecule has 0 spiro atoms. The molecule has 1 saturated heterocycles. The highest BCUT2D eigenvalue weighted by atomic mass is 32.3. The molecule has 0 aliphatic carbocycles. The van der Waals surface area contributed by atoms with Crippen LogP contribution in [-0.2, 0) is 24.3 Å². The van der Waals surface area contributed by atoms with Crippen molar-refractivity contribution in [3.8, 4) is 0 Å². The smallest absolute Gasteiger partial charge is 0.320 e. The second kappa shape index (κ2) is 7.54. The van der Waals surface area contributed by atoms with Gasteiger partial charge in [0.1, 0.15) is 6.04 Å². The topological polar surface area (TPSA) is 171 Å². The summed E-state index contributed by atoms with van der Waals surface area (Å²) < 4.78 is 34.1. The number of amides is 4. The number of hydroxylamine groups is 2. The van der Waals surface area contributed by atoms with Gasteiger partial charge in [0.05, 0.1) is 12.6 Å². The number of hydrogen-bond acceptors (Lipinski definition) is 7. The molecular weight excluding hydrogens is 334 g/mol. The molecule has 1 aliphatic rings. The van der Waals surface area contributed by atoms with Crippen LogP contribution in [0.3, 0.4) is 0 Å². The molecule has 1 aliphatic heterocycles. The summed E-state index contributed by atoms with van der Waals surface area (Å²) in [6.45, 7) is 2.82. The summed E-state index contributed by atoms with van der Waals surface area (Å²) in [5.41, 5.74) is 9.57. The van der Waals surface area contributed by atoms with Crippen LogP contribution < -0.4 is 16.6 Å². The number of rotatable bonds is 5. The summed E-state index contributed by atoms with van der Waals surface area (Å²) in [6, 6.07) is -2.68. The summed E-state index contributed by atoms with van der Waals surface area (Å²) in [7, 11) is -4.85. The molecule has 23 heavy (non-hydrogen) atoms. The van der Waals surface area contributed by atoms with Crippen LogP contribution in [0.4, 0.5) is 4.79 Å². The number of nitrogens with two attached hydrogens (primary N) is 1. The van der Waals surface area contributed by atoms with Gasteiger partial charge < -0.3 is 10.6 Å². The molecule has 1 fully saturated rings. The Balaban J connectivity index is 2.73. The monoisotopic (exact) mass is 353 g/mol. The molecule has 1 rings (SSSR count). The van der Waals surface area contributed by atoms with Crippen LogP contribution in [0.5, 0.6) is 0 Å². The number of nitrogens with zero attached hydrogens (tertiary/aromatic N) is 2. The van der Waals surface area contributed by atoms with E-state index in [0.717, 1.165) is 4.90 Å². The van der Waals surface area contributed by atoms with Crippen molar-refractivity contribution in [3.05, 3.63) is 0 Å². The van der Waals surface area contributed by atoms with Crippen LogP contribution in [0.25, 0.3) is 0 Å². The zero-order valence-corrected chi connectivity index (χ0v) is 13.4. The van der Waals surface area contributed by atoms with Crippen LogP contribution in [0.15, 0.2) is 0 Å². The molecule has 0 radical (unpaired) electrons. The molecule has 0 saturated carbocycles. The number of likely N-dealkylation sites (N-methyl/N-ethyl adjacent to an activating group) is 1. The van der Waals surface area contributed by atoms with E-state index in [0.29, 0.717) is 5.06 Å². The third-order valence-corrected chi connectivity index (χ3v) is 3.36. The maximum atomic E-state index is 12.1. The number of hydrogen-bond donors (Lipinski definition) is 4. The van der Waals surface area contributed by atoms with Gasteiger partial charge in [-0.2, -0.15) is 13.5 Å². The van der Waals surface area contributed by atoms with Crippen LogP contribution in [-0.4, -0.2) is 66.0 Å². The molecule has 0 aromatic heterocycles. The zero-order chi connectivity index (χ0) is 17.8. The highest BCUT2D eigenvalue weighted by Gasteiger charge is 2.39. The molecule has 4 amide bonds. The molecular formula is C10H19N5O7S. The molecule has 132 valence electrons. The second-order valence-electron chi connectivity index (χ2n) is 4.74. The van der Waals surface area contributed by atoms with Crippen molar-refractivity contribution in [1.29, 1.82) is 0 Å². The number of carbonyl (C=O) groups is 3. The van der Waals surface area contributed by atoms with Crippen molar-refractivity contribution in [2.75, 3.05) is 13.1 Å². The Bertz CT molecular complexity index is 578. The van der Waals surface area contributed by atoms with Gasteiger partial charge in [0.15, 0.2) is 0 Å². The second-order valence-corrected chi connectivity index (χ2v) is 5.75. The predicted octanol–water partition coefficient (Wildman–Crippen LogP) is -2.27. The fraction of sp³-hybridized carbons (Fsp3) is 0.700. The lowest BCUT2D eigenvalue weighted by Crippen LogP contribution is -2.61. The Morgan fingerprint density at radius 3 is 2.57 bits per heavy atom. The van der Waals surface area contributed by atoms with E-state index in [4.69, 9.17) is 10.3 Å². The van der Waals surface area contributed by atoms with E-state index < -0.39 is 40.3 Å². The molecule has 12 nitrogen and oxygen atoms in total. The molecule has 0 aromatic rings. The van der Waals surface area contributed by atoms with Crippen LogP contribution in [0, 0.1) is 0 Å². The molecule has 0 unspecified atom stereocenters. The minimum atomic E-state index is -4.85. The molecule has 1 heterocycles. The van der Waals surface area contributed by atoms with Gasteiger partial charge in [0.2, 0.25) is 0 Å². The van der Waals surface area contributed by atoms with Crippen molar-refractivity contribution >= 4 is 28.2 Å². The minimum Gasteiger partial charge on any atom is -0.320 e. The van der Waals surface area contributed by atoms with Gasteiger partial charge in [-0.1, -0.05) is 0 Å². The average molecular weight is 353 g/mol. The first kappa shape index (κ1) is 19.1. The molecule has 2 atom stereocenters. The van der Waals surface area contributed by atoms with E-state index >= 15 is 0 Å². The Labute approximate surface area is 132 Å². The van der Waals surface area contributed by atoms with E-state index in [1.165, 1.54) is 6.92 Å². The summed E-state index contributed by atoms with van der Waals surface area (Å²) in [5, 5.41) is 0.434. The largest absolute Gasteiger partial charge is 0.418 e. The van der Waals surface area contributed by atoms with Gasteiger partial charge in [0.25, 0.3) is 11.8 Å². The highest BCUT2D eigenvalue weighted by Crippen LogP contribution is 2.17. The fourth-order valence-corrected chi connectivity index (χ4v) is 2.26. The Kier molecular flexibility index (Phi) is 6.26. The van der Waals surface area contributed by atoms with Crippen molar-refractivity contribution in [2.24, 2.45) is 5.73 Å². The SMILES string of the molecule is CCN1C(=O)N(OS(=O)(=O)O)CC[C@H]1C(=O)NNC(=O)[C@@H](C)N. The van der Waals surface area contributed by atoms with Crippen LogP contribution >= 0.6 is 0 Å². The average Bonchev–Trinajstić information content (AvgIpc) is 2.44. The lowest BCUT2D eigenvalue weighted by Gasteiger charge is -2.38. The molecule has 0 aromatic carbocycles. The first-order chi connectivity index (χ1) is 10.6. The number of hydrazine groups is 1. The molecule has 5 N–H and O–H groups in total. The predicted molar refractivity (Wildman–Crippen MR) is 75.5 cm³/mol. The fourth-order valence-electron chi connectivity index (χ4n) is 1.90. The molecule has 13 heteroatoms. The maximum absolute atomic E-state index is 12.1. The van der Waals surface area contributed by atoms with Crippen molar-refractivity contribution < 1.29 is 31.6 Å². The van der Waals surface area contributed by atoms with Gasteiger partial charge in [-0.3, -0.25) is 25.0 Å². The van der Waals surface area contributed by atoms with E-state index in [-0.39, 0.29) is 19.5 Å². The van der Waals surface area contributed by atoms with E-state index in [1.807, 2.05) is 0 Å².